The molecule has 0 atom stereocenters. The molecule has 8 nitrogen and oxygen atoms in total. The first kappa shape index (κ1) is 22.6. The van der Waals surface area contributed by atoms with Crippen LogP contribution in [0.5, 0.6) is 0 Å². The van der Waals surface area contributed by atoms with Gasteiger partial charge in [-0.1, -0.05) is 0 Å². The highest BCUT2D eigenvalue weighted by Crippen LogP contribution is 2.18. The Hall–Kier alpha value is -2.66. The van der Waals surface area contributed by atoms with Gasteiger partial charge in [-0.05, 0) is 49.2 Å². The Kier molecular flexibility index (Phi) is 6.53. The fraction of sp³-hybridized carbons (Fsp3) is 0.278. The van der Waals surface area contributed by atoms with Crippen LogP contribution in [0.2, 0.25) is 0 Å². The van der Waals surface area contributed by atoms with Gasteiger partial charge in [-0.25, -0.2) is 21.2 Å². The maximum atomic E-state index is 13.3. The van der Waals surface area contributed by atoms with Gasteiger partial charge in [0.05, 0.1) is 5.75 Å². The van der Waals surface area contributed by atoms with E-state index in [9.17, 15) is 26.0 Å². The number of aryl methyl sites for hydroxylation is 2. The van der Waals surface area contributed by atoms with Gasteiger partial charge in [0.1, 0.15) is 16.4 Å². The molecule has 0 radical (unpaired) electrons. The van der Waals surface area contributed by atoms with Crippen LogP contribution in [0.3, 0.4) is 0 Å². The lowest BCUT2D eigenvalue weighted by molar-refractivity contribution is 0.101. The number of hydrogen-bond acceptors (Lipinski definition) is 5. The minimum atomic E-state index is -4.00. The molecule has 0 spiro atoms. The average Bonchev–Trinajstić information content (AvgIpc) is 2.98. The lowest BCUT2D eigenvalue weighted by Crippen LogP contribution is -2.19. The largest absolute Gasteiger partial charge is 0.345 e. The second kappa shape index (κ2) is 8.37. The number of hydrogen-bond donors (Lipinski definition) is 2. The first-order valence-electron chi connectivity index (χ1n) is 8.38. The fourth-order valence-electron chi connectivity index (χ4n) is 2.53. The van der Waals surface area contributed by atoms with E-state index in [1.807, 2.05) is 0 Å². The SMILES string of the molecule is C/C(=C/NS(=O)(=O)c1cc(C(=O)Nc2ccc(F)c(C)c2)n(C)c1)CS(C)(=O)=O. The quantitative estimate of drug-likeness (QED) is 0.679. The number of rotatable bonds is 7. The van der Waals surface area contributed by atoms with E-state index in [-0.39, 0.29) is 16.3 Å². The highest BCUT2D eigenvalue weighted by Gasteiger charge is 2.20. The van der Waals surface area contributed by atoms with Crippen LogP contribution in [0.1, 0.15) is 23.0 Å². The van der Waals surface area contributed by atoms with Crippen LogP contribution >= 0.6 is 0 Å². The molecule has 0 saturated carbocycles. The number of nitrogens with one attached hydrogen (secondary N) is 2. The van der Waals surface area contributed by atoms with Crippen molar-refractivity contribution in [3.05, 3.63) is 59.3 Å². The van der Waals surface area contributed by atoms with Crippen molar-refractivity contribution >= 4 is 31.5 Å². The molecule has 0 fully saturated rings. The topological polar surface area (TPSA) is 114 Å². The number of carbonyl (C=O) groups excluding carboxylic acids is 1. The highest BCUT2D eigenvalue weighted by atomic mass is 32.2. The van der Waals surface area contributed by atoms with Gasteiger partial charge in [-0.15, -0.1) is 0 Å². The van der Waals surface area contributed by atoms with Crippen molar-refractivity contribution in [3.8, 4) is 0 Å². The third kappa shape index (κ3) is 6.16. The molecule has 29 heavy (non-hydrogen) atoms. The third-order valence-corrected chi connectivity index (χ3v) is 6.14. The normalized spacial score (nSPS) is 12.7. The zero-order chi connectivity index (χ0) is 22.0. The number of amides is 1. The third-order valence-electron chi connectivity index (χ3n) is 3.89. The van der Waals surface area contributed by atoms with Crippen molar-refractivity contribution in [1.29, 1.82) is 0 Å². The Morgan fingerprint density at radius 3 is 2.45 bits per heavy atom. The number of aromatic nitrogens is 1. The van der Waals surface area contributed by atoms with E-state index in [1.54, 1.807) is 6.92 Å². The smallest absolute Gasteiger partial charge is 0.272 e. The van der Waals surface area contributed by atoms with E-state index in [2.05, 4.69) is 10.0 Å². The predicted molar refractivity (Wildman–Crippen MR) is 108 cm³/mol. The Morgan fingerprint density at radius 2 is 1.86 bits per heavy atom. The van der Waals surface area contributed by atoms with Crippen molar-refractivity contribution in [2.45, 2.75) is 18.7 Å². The van der Waals surface area contributed by atoms with Crippen LogP contribution in [0, 0.1) is 12.7 Å². The van der Waals surface area contributed by atoms with Gasteiger partial charge in [0, 0.05) is 31.4 Å². The van der Waals surface area contributed by atoms with Gasteiger partial charge in [0.15, 0.2) is 9.84 Å². The molecule has 2 aromatic rings. The van der Waals surface area contributed by atoms with Gasteiger partial charge in [0.2, 0.25) is 0 Å². The molecule has 1 amide bonds. The molecule has 1 heterocycles. The Balaban J connectivity index is 2.20. The minimum Gasteiger partial charge on any atom is -0.345 e. The maximum Gasteiger partial charge on any atom is 0.272 e. The van der Waals surface area contributed by atoms with Gasteiger partial charge in [-0.3, -0.25) is 9.52 Å². The lowest BCUT2D eigenvalue weighted by Gasteiger charge is -2.07. The molecule has 0 unspecified atom stereocenters. The summed E-state index contributed by atoms with van der Waals surface area (Å²) in [6.07, 6.45) is 3.40. The Labute approximate surface area is 169 Å². The minimum absolute atomic E-state index is 0.0733. The second-order valence-electron chi connectivity index (χ2n) is 6.77. The molecule has 1 aromatic heterocycles. The van der Waals surface area contributed by atoms with Crippen LogP contribution in [0.4, 0.5) is 10.1 Å². The lowest BCUT2D eigenvalue weighted by atomic mass is 10.2. The number of halogens is 1. The summed E-state index contributed by atoms with van der Waals surface area (Å²) < 4.78 is 64.3. The summed E-state index contributed by atoms with van der Waals surface area (Å²) in [5.41, 5.74) is 1.12. The predicted octanol–water partition coefficient (Wildman–Crippen LogP) is 1.95. The summed E-state index contributed by atoms with van der Waals surface area (Å²) >= 11 is 0. The molecule has 0 saturated heterocycles. The molecule has 0 bridgehead atoms. The number of carbonyl (C=O) groups is 1. The summed E-state index contributed by atoms with van der Waals surface area (Å²) in [5, 5.41) is 2.59. The van der Waals surface area contributed by atoms with Gasteiger partial charge in [0.25, 0.3) is 15.9 Å². The van der Waals surface area contributed by atoms with Crippen molar-refractivity contribution in [2.75, 3.05) is 17.3 Å². The number of nitrogens with zero attached hydrogens (tertiary/aromatic N) is 1. The molecular weight excluding hydrogens is 421 g/mol. The number of anilines is 1. The summed E-state index contributed by atoms with van der Waals surface area (Å²) in [7, 11) is -5.78. The molecule has 0 aliphatic heterocycles. The molecule has 158 valence electrons. The van der Waals surface area contributed by atoms with Gasteiger partial charge in [-0.2, -0.15) is 0 Å². The van der Waals surface area contributed by atoms with E-state index in [0.717, 1.165) is 12.5 Å². The Morgan fingerprint density at radius 1 is 1.21 bits per heavy atom. The van der Waals surface area contributed by atoms with E-state index in [1.165, 1.54) is 49.0 Å². The molecule has 11 heteroatoms. The van der Waals surface area contributed by atoms with E-state index in [4.69, 9.17) is 0 Å². The van der Waals surface area contributed by atoms with Crippen molar-refractivity contribution in [3.63, 3.8) is 0 Å². The maximum absolute atomic E-state index is 13.3. The summed E-state index contributed by atoms with van der Waals surface area (Å²) in [6.45, 7) is 3.04. The van der Waals surface area contributed by atoms with E-state index in [0.29, 0.717) is 16.8 Å². The molecular formula is C18H22FN3O5S2. The van der Waals surface area contributed by atoms with Gasteiger partial charge >= 0.3 is 0 Å². The summed E-state index contributed by atoms with van der Waals surface area (Å²) in [6, 6.07) is 5.27. The molecule has 0 aliphatic carbocycles. The van der Waals surface area contributed by atoms with Crippen molar-refractivity contribution < 1.29 is 26.0 Å². The second-order valence-corrected chi connectivity index (χ2v) is 10.6. The summed E-state index contributed by atoms with van der Waals surface area (Å²) in [4.78, 5) is 12.3. The standard InChI is InChI=1S/C18H22FN3O5S2/c1-12(11-28(4,24)25)9-20-29(26,27)15-8-17(22(3)10-15)18(23)21-14-5-6-16(19)13(2)7-14/h5-10,20H,11H2,1-4H3,(H,21,23)/b12-9-. The first-order valence-corrected chi connectivity index (χ1v) is 11.9. The molecule has 0 aliphatic rings. The number of benzene rings is 1. The monoisotopic (exact) mass is 443 g/mol. The molecule has 2 N–H and O–H groups in total. The fourth-order valence-corrected chi connectivity index (χ4v) is 4.49. The Bertz CT molecular complexity index is 1180. The summed E-state index contributed by atoms with van der Waals surface area (Å²) in [5.74, 6) is -1.25. The van der Waals surface area contributed by atoms with Crippen LogP contribution in [-0.2, 0) is 26.9 Å². The molecule has 1 aromatic carbocycles. The van der Waals surface area contributed by atoms with E-state index >= 15 is 0 Å². The zero-order valence-corrected chi connectivity index (χ0v) is 18.0. The van der Waals surface area contributed by atoms with Crippen LogP contribution < -0.4 is 10.0 Å². The van der Waals surface area contributed by atoms with Crippen LogP contribution in [0.15, 0.2) is 47.1 Å². The van der Waals surface area contributed by atoms with Crippen molar-refractivity contribution in [2.24, 2.45) is 7.05 Å². The number of sulfonamides is 1. The first-order chi connectivity index (χ1) is 13.3. The van der Waals surface area contributed by atoms with Crippen LogP contribution in [-0.4, -0.2) is 39.3 Å². The zero-order valence-electron chi connectivity index (χ0n) is 16.4. The van der Waals surface area contributed by atoms with Crippen molar-refractivity contribution in [1.82, 2.24) is 9.29 Å². The van der Waals surface area contributed by atoms with Crippen LogP contribution in [0.25, 0.3) is 0 Å². The average molecular weight is 444 g/mol. The molecule has 2 rings (SSSR count). The highest BCUT2D eigenvalue weighted by molar-refractivity contribution is 7.90. The number of sulfone groups is 1. The van der Waals surface area contributed by atoms with Gasteiger partial charge < -0.3 is 9.88 Å². The van der Waals surface area contributed by atoms with E-state index < -0.39 is 31.6 Å².